The van der Waals surface area contributed by atoms with E-state index >= 15 is 0 Å². The number of rotatable bonds is 8. The summed E-state index contributed by atoms with van der Waals surface area (Å²) in [5.74, 6) is 0.303. The van der Waals surface area contributed by atoms with Crippen molar-refractivity contribution in [3.8, 4) is 22.6 Å². The van der Waals surface area contributed by atoms with Crippen LogP contribution in [0.2, 0.25) is 0 Å². The van der Waals surface area contributed by atoms with E-state index in [1.54, 1.807) is 43.5 Å². The van der Waals surface area contributed by atoms with Crippen molar-refractivity contribution < 1.29 is 18.9 Å². The van der Waals surface area contributed by atoms with E-state index in [0.29, 0.717) is 40.4 Å². The van der Waals surface area contributed by atoms with Gasteiger partial charge in [-0.3, -0.25) is 19.8 Å². The van der Waals surface area contributed by atoms with Gasteiger partial charge in [-0.1, -0.05) is 12.1 Å². The number of amides is 1. The van der Waals surface area contributed by atoms with Gasteiger partial charge in [-0.05, 0) is 49.2 Å². The molecule has 0 aliphatic carbocycles. The highest BCUT2D eigenvalue weighted by Crippen LogP contribution is 2.32. The SMILES string of the molecule is Cc1nc(-c2ccco2)cc(-c2cccc([N+](=O)[O-])c2)c1C(=O)NCCCN1CCOCC1.Cl.Cl. The molecule has 0 atom stereocenters. The van der Waals surface area contributed by atoms with Gasteiger partial charge in [-0.25, -0.2) is 4.98 Å². The van der Waals surface area contributed by atoms with Gasteiger partial charge in [0.2, 0.25) is 0 Å². The molecule has 35 heavy (non-hydrogen) atoms. The summed E-state index contributed by atoms with van der Waals surface area (Å²) < 4.78 is 10.8. The molecule has 1 aliphatic rings. The van der Waals surface area contributed by atoms with Crippen LogP contribution in [0.25, 0.3) is 22.6 Å². The molecule has 0 spiro atoms. The second-order valence-corrected chi connectivity index (χ2v) is 7.86. The molecule has 4 rings (SSSR count). The van der Waals surface area contributed by atoms with Crippen molar-refractivity contribution in [1.29, 1.82) is 0 Å². The predicted octanol–water partition coefficient (Wildman–Crippen LogP) is 4.52. The van der Waals surface area contributed by atoms with Crippen LogP contribution in [0.4, 0.5) is 5.69 Å². The molecule has 3 aromatic rings. The largest absolute Gasteiger partial charge is 0.463 e. The fourth-order valence-electron chi connectivity index (χ4n) is 3.94. The number of aryl methyl sites for hydroxylation is 1. The second-order valence-electron chi connectivity index (χ2n) is 7.86. The molecule has 1 saturated heterocycles. The van der Waals surface area contributed by atoms with Crippen molar-refractivity contribution in [3.05, 3.63) is 70.1 Å². The number of carbonyl (C=O) groups excluding carboxylic acids is 1. The third-order valence-electron chi connectivity index (χ3n) is 5.61. The van der Waals surface area contributed by atoms with Gasteiger partial charge < -0.3 is 14.5 Å². The molecular weight excluding hydrogens is 495 g/mol. The molecule has 1 N–H and O–H groups in total. The number of nitrogens with zero attached hydrogens (tertiary/aromatic N) is 3. The molecule has 9 nitrogen and oxygen atoms in total. The summed E-state index contributed by atoms with van der Waals surface area (Å²) >= 11 is 0. The number of halogens is 2. The lowest BCUT2D eigenvalue weighted by molar-refractivity contribution is -0.384. The minimum Gasteiger partial charge on any atom is -0.463 e. The first-order chi connectivity index (χ1) is 16.0. The molecule has 0 unspecified atom stereocenters. The Balaban J connectivity index is 0.00000216. The smallest absolute Gasteiger partial charge is 0.270 e. The highest BCUT2D eigenvalue weighted by atomic mass is 35.5. The van der Waals surface area contributed by atoms with Gasteiger partial charge in [-0.15, -0.1) is 24.8 Å². The number of hydrogen-bond acceptors (Lipinski definition) is 7. The quantitative estimate of drug-likeness (QED) is 0.263. The van der Waals surface area contributed by atoms with Gasteiger partial charge in [-0.2, -0.15) is 0 Å². The molecular formula is C24H28Cl2N4O5. The van der Waals surface area contributed by atoms with Gasteiger partial charge in [0.15, 0.2) is 5.76 Å². The number of nitro benzene ring substituents is 1. The number of ether oxygens (including phenoxy) is 1. The number of aromatic nitrogens is 1. The zero-order valence-electron chi connectivity index (χ0n) is 19.3. The number of furan rings is 1. The molecule has 3 heterocycles. The number of nitro groups is 1. The molecule has 188 valence electrons. The van der Waals surface area contributed by atoms with Crippen LogP contribution in [-0.4, -0.2) is 60.1 Å². The van der Waals surface area contributed by atoms with Crippen molar-refractivity contribution in [1.82, 2.24) is 15.2 Å². The van der Waals surface area contributed by atoms with Gasteiger partial charge >= 0.3 is 0 Å². The van der Waals surface area contributed by atoms with Gasteiger partial charge in [0.25, 0.3) is 11.6 Å². The molecule has 0 radical (unpaired) electrons. The van der Waals surface area contributed by atoms with Crippen LogP contribution in [-0.2, 0) is 4.74 Å². The van der Waals surface area contributed by atoms with E-state index in [2.05, 4.69) is 15.2 Å². The first-order valence-corrected chi connectivity index (χ1v) is 10.9. The normalized spacial score (nSPS) is 13.4. The lowest BCUT2D eigenvalue weighted by Crippen LogP contribution is -2.38. The number of benzene rings is 1. The molecule has 1 fully saturated rings. The first-order valence-electron chi connectivity index (χ1n) is 10.9. The summed E-state index contributed by atoms with van der Waals surface area (Å²) in [6, 6.07) is 11.5. The number of morpholine rings is 1. The van der Waals surface area contributed by atoms with Crippen LogP contribution in [0.3, 0.4) is 0 Å². The summed E-state index contributed by atoms with van der Waals surface area (Å²) in [6.07, 6.45) is 2.36. The van der Waals surface area contributed by atoms with Gasteiger partial charge in [0, 0.05) is 31.8 Å². The van der Waals surface area contributed by atoms with E-state index in [4.69, 9.17) is 9.15 Å². The highest BCUT2D eigenvalue weighted by Gasteiger charge is 2.21. The van der Waals surface area contributed by atoms with E-state index in [-0.39, 0.29) is 36.4 Å². The molecule has 0 saturated carbocycles. The van der Waals surface area contributed by atoms with Crippen LogP contribution < -0.4 is 5.32 Å². The Labute approximate surface area is 215 Å². The fraction of sp³-hybridized carbons (Fsp3) is 0.333. The van der Waals surface area contributed by atoms with Crippen molar-refractivity contribution in [2.45, 2.75) is 13.3 Å². The number of non-ortho nitro benzene ring substituents is 1. The fourth-order valence-corrected chi connectivity index (χ4v) is 3.94. The van der Waals surface area contributed by atoms with Crippen molar-refractivity contribution in [2.75, 3.05) is 39.4 Å². The monoisotopic (exact) mass is 522 g/mol. The van der Waals surface area contributed by atoms with Crippen molar-refractivity contribution in [2.24, 2.45) is 0 Å². The maximum absolute atomic E-state index is 13.2. The summed E-state index contributed by atoms with van der Waals surface area (Å²) in [5.41, 5.74) is 2.58. The Morgan fingerprint density at radius 1 is 1.17 bits per heavy atom. The molecule has 1 aliphatic heterocycles. The third-order valence-corrected chi connectivity index (χ3v) is 5.61. The van der Waals surface area contributed by atoms with Crippen LogP contribution in [0.15, 0.2) is 53.1 Å². The Morgan fingerprint density at radius 3 is 2.63 bits per heavy atom. The standard InChI is InChI=1S/C24H26N4O5.2ClH/c1-17-23(24(29)25-8-4-9-27-10-13-32-14-11-27)20(16-21(26-17)22-7-3-12-33-22)18-5-2-6-19(15-18)28(30)31;;/h2-3,5-7,12,15-16H,4,8-11,13-14H2,1H3,(H,25,29);2*1H. The summed E-state index contributed by atoms with van der Waals surface area (Å²) in [7, 11) is 0. The lowest BCUT2D eigenvalue weighted by atomic mass is 9.96. The third kappa shape index (κ3) is 7.02. The van der Waals surface area contributed by atoms with Crippen LogP contribution in [0.5, 0.6) is 0 Å². The minimum atomic E-state index is -0.448. The average Bonchev–Trinajstić information content (AvgIpc) is 3.37. The Morgan fingerprint density at radius 2 is 1.94 bits per heavy atom. The maximum atomic E-state index is 13.2. The second kappa shape index (κ2) is 13.2. The lowest BCUT2D eigenvalue weighted by Gasteiger charge is -2.26. The van der Waals surface area contributed by atoms with E-state index in [1.165, 1.54) is 12.1 Å². The van der Waals surface area contributed by atoms with E-state index in [0.717, 1.165) is 39.3 Å². The van der Waals surface area contributed by atoms with Crippen LogP contribution >= 0.6 is 24.8 Å². The zero-order chi connectivity index (χ0) is 23.2. The maximum Gasteiger partial charge on any atom is 0.270 e. The Kier molecular flexibility index (Phi) is 10.7. The van der Waals surface area contributed by atoms with Gasteiger partial charge in [0.05, 0.1) is 35.7 Å². The van der Waals surface area contributed by atoms with Crippen molar-refractivity contribution >= 4 is 36.4 Å². The van der Waals surface area contributed by atoms with E-state index in [9.17, 15) is 14.9 Å². The molecule has 2 aromatic heterocycles. The Hall–Kier alpha value is -2.98. The molecule has 11 heteroatoms. The van der Waals surface area contributed by atoms with Crippen LogP contribution in [0.1, 0.15) is 22.5 Å². The highest BCUT2D eigenvalue weighted by molar-refractivity contribution is 6.02. The number of carbonyl (C=O) groups is 1. The molecule has 1 aromatic carbocycles. The number of nitrogens with one attached hydrogen (secondary N) is 1. The first kappa shape index (κ1) is 28.3. The van der Waals surface area contributed by atoms with Crippen molar-refractivity contribution in [3.63, 3.8) is 0 Å². The number of pyridine rings is 1. The topological polar surface area (TPSA) is 111 Å². The number of hydrogen-bond donors (Lipinski definition) is 1. The summed E-state index contributed by atoms with van der Waals surface area (Å²) in [6.45, 7) is 6.46. The molecule has 0 bridgehead atoms. The predicted molar refractivity (Wildman–Crippen MR) is 137 cm³/mol. The van der Waals surface area contributed by atoms with E-state index in [1.807, 2.05) is 0 Å². The Bertz CT molecular complexity index is 1130. The zero-order valence-corrected chi connectivity index (χ0v) is 20.9. The summed E-state index contributed by atoms with van der Waals surface area (Å²) in [5, 5.41) is 14.3. The molecule has 1 amide bonds. The van der Waals surface area contributed by atoms with Crippen LogP contribution in [0, 0.1) is 17.0 Å². The van der Waals surface area contributed by atoms with Gasteiger partial charge in [0.1, 0.15) is 5.69 Å². The average molecular weight is 523 g/mol. The summed E-state index contributed by atoms with van der Waals surface area (Å²) in [4.78, 5) is 30.9. The minimum absolute atomic E-state index is 0. The van der Waals surface area contributed by atoms with E-state index < -0.39 is 4.92 Å².